The first-order valence-electron chi connectivity index (χ1n) is 7.54. The lowest BCUT2D eigenvalue weighted by Gasteiger charge is -2.11. The van der Waals surface area contributed by atoms with E-state index in [4.69, 9.17) is 4.74 Å². The fourth-order valence-corrected chi connectivity index (χ4v) is 2.84. The first-order valence-corrected chi connectivity index (χ1v) is 8.48. The molecular weight excluding hydrogens is 312 g/mol. The molecule has 1 aromatic heterocycles. The lowest BCUT2D eigenvalue weighted by Crippen LogP contribution is -2.37. The second-order valence-electron chi connectivity index (χ2n) is 5.14. The van der Waals surface area contributed by atoms with Crippen molar-refractivity contribution in [1.82, 2.24) is 10.6 Å². The molecule has 1 heterocycles. The van der Waals surface area contributed by atoms with Gasteiger partial charge in [0.15, 0.2) is 0 Å². The highest BCUT2D eigenvalue weighted by Crippen LogP contribution is 2.18. The van der Waals surface area contributed by atoms with Crippen molar-refractivity contribution in [1.29, 1.82) is 0 Å². The maximum absolute atomic E-state index is 11.7. The van der Waals surface area contributed by atoms with Crippen molar-refractivity contribution in [3.8, 4) is 5.75 Å². The molecule has 0 fully saturated rings. The molecule has 2 amide bonds. The van der Waals surface area contributed by atoms with Crippen LogP contribution < -0.4 is 15.4 Å². The number of benzene rings is 1. The van der Waals surface area contributed by atoms with E-state index in [9.17, 15) is 9.90 Å². The molecule has 0 aliphatic heterocycles. The molecular formula is C17H22N2O3S. The molecule has 0 spiro atoms. The summed E-state index contributed by atoms with van der Waals surface area (Å²) in [6.07, 6.45) is 0.734. The molecule has 6 heteroatoms. The number of urea groups is 1. The van der Waals surface area contributed by atoms with Gasteiger partial charge in [-0.05, 0) is 52.9 Å². The maximum Gasteiger partial charge on any atom is 0.314 e. The summed E-state index contributed by atoms with van der Waals surface area (Å²) >= 11 is 1.55. The van der Waals surface area contributed by atoms with Crippen LogP contribution in [-0.4, -0.2) is 31.3 Å². The number of ether oxygens (including phenoxy) is 1. The molecule has 23 heavy (non-hydrogen) atoms. The standard InChI is InChI=1S/C17H22N2O3S/c1-22-15-4-2-13(3-5-15)6-9-18-17(21)19-10-7-16(20)14-8-11-23-12-14/h2-5,8,11-12,16,20H,6-7,9-10H2,1H3,(H2,18,19,21)/t16-/m1/s1. The normalized spacial score (nSPS) is 11.7. The van der Waals surface area contributed by atoms with Crippen LogP contribution in [0, 0.1) is 0 Å². The Balaban J connectivity index is 1.59. The highest BCUT2D eigenvalue weighted by atomic mass is 32.1. The molecule has 0 saturated heterocycles. The van der Waals surface area contributed by atoms with Crippen LogP contribution in [0.2, 0.25) is 0 Å². The Kier molecular flexibility index (Phi) is 6.90. The number of carbonyl (C=O) groups is 1. The number of hydrogen-bond donors (Lipinski definition) is 3. The number of aliphatic hydroxyl groups is 1. The van der Waals surface area contributed by atoms with Crippen LogP contribution >= 0.6 is 11.3 Å². The van der Waals surface area contributed by atoms with Crippen LogP contribution in [0.15, 0.2) is 41.1 Å². The summed E-state index contributed by atoms with van der Waals surface area (Å²) in [5, 5.41) is 19.3. The molecule has 0 unspecified atom stereocenters. The average Bonchev–Trinajstić information content (AvgIpc) is 3.10. The summed E-state index contributed by atoms with van der Waals surface area (Å²) in [6.45, 7) is 0.997. The van der Waals surface area contributed by atoms with Gasteiger partial charge in [-0.15, -0.1) is 0 Å². The second kappa shape index (κ2) is 9.17. The Morgan fingerprint density at radius 2 is 1.96 bits per heavy atom. The zero-order valence-electron chi connectivity index (χ0n) is 13.1. The lowest BCUT2D eigenvalue weighted by molar-refractivity contribution is 0.167. The third-order valence-electron chi connectivity index (χ3n) is 3.49. The number of nitrogens with one attached hydrogen (secondary N) is 2. The fourth-order valence-electron chi connectivity index (χ4n) is 2.13. The van der Waals surface area contributed by atoms with Crippen molar-refractivity contribution in [2.75, 3.05) is 20.2 Å². The summed E-state index contributed by atoms with van der Waals surface area (Å²) in [5.74, 6) is 0.823. The molecule has 0 aliphatic carbocycles. The molecule has 0 bridgehead atoms. The fraction of sp³-hybridized carbons (Fsp3) is 0.353. The molecule has 2 rings (SSSR count). The van der Waals surface area contributed by atoms with E-state index in [0.717, 1.165) is 23.3 Å². The minimum absolute atomic E-state index is 0.212. The van der Waals surface area contributed by atoms with Gasteiger partial charge in [0.2, 0.25) is 0 Å². The van der Waals surface area contributed by atoms with Crippen molar-refractivity contribution in [3.63, 3.8) is 0 Å². The van der Waals surface area contributed by atoms with E-state index in [-0.39, 0.29) is 6.03 Å². The van der Waals surface area contributed by atoms with Gasteiger partial charge in [-0.3, -0.25) is 0 Å². The highest BCUT2D eigenvalue weighted by molar-refractivity contribution is 7.07. The van der Waals surface area contributed by atoms with Crippen LogP contribution in [-0.2, 0) is 6.42 Å². The molecule has 1 atom stereocenters. The Labute approximate surface area is 140 Å². The second-order valence-corrected chi connectivity index (χ2v) is 5.92. The predicted octanol–water partition coefficient (Wildman–Crippen LogP) is 2.72. The smallest absolute Gasteiger partial charge is 0.314 e. The molecule has 3 N–H and O–H groups in total. The quantitative estimate of drug-likeness (QED) is 0.695. The lowest BCUT2D eigenvalue weighted by atomic mass is 10.1. The molecule has 5 nitrogen and oxygen atoms in total. The van der Waals surface area contributed by atoms with Gasteiger partial charge in [0, 0.05) is 13.1 Å². The van der Waals surface area contributed by atoms with Gasteiger partial charge in [-0.1, -0.05) is 12.1 Å². The van der Waals surface area contributed by atoms with Crippen LogP contribution in [0.3, 0.4) is 0 Å². The van der Waals surface area contributed by atoms with E-state index in [0.29, 0.717) is 19.5 Å². The number of amides is 2. The Morgan fingerprint density at radius 3 is 2.61 bits per heavy atom. The summed E-state index contributed by atoms with van der Waals surface area (Å²) in [6, 6.07) is 9.45. The highest BCUT2D eigenvalue weighted by Gasteiger charge is 2.08. The first-order chi connectivity index (χ1) is 11.2. The van der Waals surface area contributed by atoms with E-state index in [2.05, 4.69) is 10.6 Å². The van der Waals surface area contributed by atoms with Gasteiger partial charge >= 0.3 is 6.03 Å². The van der Waals surface area contributed by atoms with Crippen LogP contribution in [0.1, 0.15) is 23.7 Å². The predicted molar refractivity (Wildman–Crippen MR) is 92.0 cm³/mol. The number of carbonyl (C=O) groups excluding carboxylic acids is 1. The summed E-state index contributed by atoms with van der Waals surface area (Å²) in [7, 11) is 1.64. The largest absolute Gasteiger partial charge is 0.497 e. The van der Waals surface area contributed by atoms with E-state index in [1.807, 2.05) is 41.1 Å². The molecule has 1 aromatic carbocycles. The van der Waals surface area contributed by atoms with E-state index < -0.39 is 6.10 Å². The topological polar surface area (TPSA) is 70.6 Å². The molecule has 0 radical (unpaired) electrons. The first kappa shape index (κ1) is 17.3. The number of aliphatic hydroxyl groups excluding tert-OH is 1. The number of rotatable bonds is 8. The summed E-state index contributed by atoms with van der Waals surface area (Å²) in [4.78, 5) is 11.7. The van der Waals surface area contributed by atoms with Crippen LogP contribution in [0.5, 0.6) is 5.75 Å². The van der Waals surface area contributed by atoms with Gasteiger partial charge in [0.05, 0.1) is 13.2 Å². The Bertz CT molecular complexity index is 584. The van der Waals surface area contributed by atoms with Gasteiger partial charge in [0.25, 0.3) is 0 Å². The van der Waals surface area contributed by atoms with Gasteiger partial charge in [-0.2, -0.15) is 11.3 Å². The van der Waals surface area contributed by atoms with Crippen LogP contribution in [0.25, 0.3) is 0 Å². The molecule has 124 valence electrons. The van der Waals surface area contributed by atoms with E-state index in [1.165, 1.54) is 0 Å². The number of thiophene rings is 1. The number of methoxy groups -OCH3 is 1. The SMILES string of the molecule is COc1ccc(CCNC(=O)NCC[C@@H](O)c2ccsc2)cc1. The van der Waals surface area contributed by atoms with E-state index >= 15 is 0 Å². The minimum Gasteiger partial charge on any atom is -0.497 e. The third kappa shape index (κ3) is 5.92. The van der Waals surface area contributed by atoms with E-state index in [1.54, 1.807) is 18.4 Å². The number of hydrogen-bond acceptors (Lipinski definition) is 4. The van der Waals surface area contributed by atoms with Crippen molar-refractivity contribution >= 4 is 17.4 Å². The Hall–Kier alpha value is -2.05. The summed E-state index contributed by atoms with van der Waals surface area (Å²) < 4.78 is 5.10. The Morgan fingerprint density at radius 1 is 1.22 bits per heavy atom. The van der Waals surface area contributed by atoms with Crippen molar-refractivity contribution < 1.29 is 14.6 Å². The minimum atomic E-state index is -0.527. The van der Waals surface area contributed by atoms with Gasteiger partial charge in [-0.25, -0.2) is 4.79 Å². The molecule has 0 saturated carbocycles. The summed E-state index contributed by atoms with van der Waals surface area (Å²) in [5.41, 5.74) is 2.04. The maximum atomic E-state index is 11.7. The van der Waals surface area contributed by atoms with Crippen molar-refractivity contribution in [2.24, 2.45) is 0 Å². The van der Waals surface area contributed by atoms with Crippen molar-refractivity contribution in [3.05, 3.63) is 52.2 Å². The van der Waals surface area contributed by atoms with Crippen LogP contribution in [0.4, 0.5) is 4.79 Å². The zero-order chi connectivity index (χ0) is 16.5. The van der Waals surface area contributed by atoms with Crippen molar-refractivity contribution in [2.45, 2.75) is 18.9 Å². The zero-order valence-corrected chi connectivity index (χ0v) is 13.9. The molecule has 0 aliphatic rings. The van der Waals surface area contributed by atoms with Gasteiger partial charge in [0.1, 0.15) is 5.75 Å². The van der Waals surface area contributed by atoms with Gasteiger partial charge < -0.3 is 20.5 Å². The third-order valence-corrected chi connectivity index (χ3v) is 4.19. The average molecular weight is 334 g/mol. The molecule has 2 aromatic rings. The monoisotopic (exact) mass is 334 g/mol.